The van der Waals surface area contributed by atoms with Gasteiger partial charge in [0.05, 0.1) is 22.6 Å². The molecule has 0 aromatic heterocycles. The van der Waals surface area contributed by atoms with Gasteiger partial charge in [-0.3, -0.25) is 0 Å². The molecule has 24 heavy (non-hydrogen) atoms. The first-order chi connectivity index (χ1) is 11.5. The van der Waals surface area contributed by atoms with E-state index in [-0.39, 0.29) is 23.5 Å². The topological polar surface area (TPSA) is 81.4 Å². The molecule has 0 aliphatic heterocycles. The second kappa shape index (κ2) is 8.06. The van der Waals surface area contributed by atoms with E-state index in [1.54, 1.807) is 19.1 Å². The summed E-state index contributed by atoms with van der Waals surface area (Å²) in [7, 11) is -3.81. The molecule has 0 spiro atoms. The van der Waals surface area contributed by atoms with Crippen LogP contribution in [0.1, 0.15) is 24.5 Å². The van der Waals surface area contributed by atoms with Crippen LogP contribution in [-0.4, -0.2) is 30.5 Å². The lowest BCUT2D eigenvalue weighted by molar-refractivity contribution is 0.140. The molecule has 0 radical (unpaired) electrons. The maximum Gasteiger partial charge on any atom is 0.243 e. The molecule has 2 aromatic rings. The zero-order chi connectivity index (χ0) is 17.6. The number of aliphatic hydroxyl groups is 1. The minimum absolute atomic E-state index is 0.00447. The van der Waals surface area contributed by atoms with Crippen molar-refractivity contribution in [1.82, 2.24) is 4.31 Å². The second-order valence-corrected chi connectivity index (χ2v) is 7.42. The summed E-state index contributed by atoms with van der Waals surface area (Å²) in [5.74, 6) is 0. The molecule has 0 amide bonds. The van der Waals surface area contributed by atoms with Gasteiger partial charge in [0.2, 0.25) is 10.0 Å². The Morgan fingerprint density at radius 2 is 1.88 bits per heavy atom. The van der Waals surface area contributed by atoms with Crippen LogP contribution in [0.4, 0.5) is 0 Å². The van der Waals surface area contributed by atoms with Gasteiger partial charge in [0, 0.05) is 13.1 Å². The van der Waals surface area contributed by atoms with E-state index >= 15 is 0 Å². The predicted molar refractivity (Wildman–Crippen MR) is 91.5 cm³/mol. The quantitative estimate of drug-likeness (QED) is 0.837. The Balaban J connectivity index is 2.38. The first-order valence-electron chi connectivity index (χ1n) is 7.69. The fourth-order valence-corrected chi connectivity index (χ4v) is 3.79. The van der Waals surface area contributed by atoms with Gasteiger partial charge in [-0.1, -0.05) is 43.3 Å². The highest BCUT2D eigenvalue weighted by Crippen LogP contribution is 2.20. The molecule has 2 rings (SSSR count). The summed E-state index contributed by atoms with van der Waals surface area (Å²) in [5.41, 5.74) is 1.12. The van der Waals surface area contributed by atoms with E-state index in [9.17, 15) is 13.5 Å². The molecule has 0 aliphatic carbocycles. The predicted octanol–water partition coefficient (Wildman–Crippen LogP) is 2.52. The molecule has 1 atom stereocenters. The Morgan fingerprint density at radius 1 is 1.17 bits per heavy atom. The first-order valence-corrected chi connectivity index (χ1v) is 9.13. The summed E-state index contributed by atoms with van der Waals surface area (Å²) in [6, 6.07) is 17.1. The molecule has 0 heterocycles. The minimum atomic E-state index is -3.81. The molecule has 0 fully saturated rings. The fraction of sp³-hybridized carbons (Fsp3) is 0.278. The number of nitrogens with zero attached hydrogens (tertiary/aromatic N) is 2. The molecule has 1 N–H and O–H groups in total. The van der Waals surface area contributed by atoms with Crippen LogP contribution in [-0.2, 0) is 16.6 Å². The zero-order valence-electron chi connectivity index (χ0n) is 13.5. The van der Waals surface area contributed by atoms with Gasteiger partial charge >= 0.3 is 0 Å². The average molecular weight is 344 g/mol. The number of aliphatic hydroxyl groups excluding tert-OH is 1. The lowest BCUT2D eigenvalue weighted by Crippen LogP contribution is -2.37. The summed E-state index contributed by atoms with van der Waals surface area (Å²) < 4.78 is 27.2. The third-order valence-corrected chi connectivity index (χ3v) is 5.50. The Labute approximate surface area is 142 Å². The van der Waals surface area contributed by atoms with Gasteiger partial charge in [-0.15, -0.1) is 0 Å². The van der Waals surface area contributed by atoms with E-state index in [1.807, 2.05) is 36.4 Å². The second-order valence-electron chi connectivity index (χ2n) is 5.48. The third kappa shape index (κ3) is 4.42. The fourth-order valence-electron chi connectivity index (χ4n) is 2.27. The van der Waals surface area contributed by atoms with Crippen molar-refractivity contribution in [3.05, 3.63) is 65.7 Å². The van der Waals surface area contributed by atoms with E-state index in [2.05, 4.69) is 0 Å². The van der Waals surface area contributed by atoms with Crippen LogP contribution in [0.3, 0.4) is 0 Å². The lowest BCUT2D eigenvalue weighted by atomic mass is 10.2. The monoisotopic (exact) mass is 344 g/mol. The van der Waals surface area contributed by atoms with Crippen LogP contribution < -0.4 is 0 Å². The van der Waals surface area contributed by atoms with E-state index in [4.69, 9.17) is 5.26 Å². The molecule has 126 valence electrons. The molecule has 0 bridgehead atoms. The Bertz CT molecular complexity index is 814. The zero-order valence-corrected chi connectivity index (χ0v) is 14.3. The minimum Gasteiger partial charge on any atom is -0.392 e. The van der Waals surface area contributed by atoms with Crippen molar-refractivity contribution in [1.29, 1.82) is 5.26 Å². The van der Waals surface area contributed by atoms with Gasteiger partial charge in [-0.2, -0.15) is 9.57 Å². The summed E-state index contributed by atoms with van der Waals surface area (Å²) in [5, 5.41) is 18.9. The summed E-state index contributed by atoms with van der Waals surface area (Å²) in [6.45, 7) is 1.97. The molecule has 0 saturated carbocycles. The molecule has 0 aliphatic rings. The highest BCUT2D eigenvalue weighted by molar-refractivity contribution is 7.89. The van der Waals surface area contributed by atoms with Gasteiger partial charge in [0.1, 0.15) is 0 Å². The lowest BCUT2D eigenvalue weighted by Gasteiger charge is -2.24. The Morgan fingerprint density at radius 3 is 2.50 bits per heavy atom. The number of hydrogen-bond donors (Lipinski definition) is 1. The van der Waals surface area contributed by atoms with Gasteiger partial charge in [0.25, 0.3) is 0 Å². The largest absolute Gasteiger partial charge is 0.392 e. The number of rotatable bonds is 7. The van der Waals surface area contributed by atoms with Crippen LogP contribution in [0.15, 0.2) is 59.5 Å². The first kappa shape index (κ1) is 18.1. The van der Waals surface area contributed by atoms with E-state index < -0.39 is 16.1 Å². The van der Waals surface area contributed by atoms with Gasteiger partial charge in [0.15, 0.2) is 0 Å². The SMILES string of the molecule is CCC(O)CN(Cc1ccccc1)S(=O)(=O)c1cccc(C#N)c1. The van der Waals surface area contributed by atoms with E-state index in [0.29, 0.717) is 6.42 Å². The Hall–Kier alpha value is -2.20. The van der Waals surface area contributed by atoms with Crippen molar-refractivity contribution in [2.75, 3.05) is 6.54 Å². The maximum atomic E-state index is 13.0. The summed E-state index contributed by atoms with van der Waals surface area (Å²) >= 11 is 0. The smallest absolute Gasteiger partial charge is 0.243 e. The third-order valence-electron chi connectivity index (χ3n) is 3.69. The van der Waals surface area contributed by atoms with Gasteiger partial charge < -0.3 is 5.11 Å². The van der Waals surface area contributed by atoms with Crippen LogP contribution in [0.5, 0.6) is 0 Å². The van der Waals surface area contributed by atoms with E-state index in [0.717, 1.165) is 5.56 Å². The molecule has 5 nitrogen and oxygen atoms in total. The van der Waals surface area contributed by atoms with Crippen LogP contribution in [0, 0.1) is 11.3 Å². The number of hydrogen-bond acceptors (Lipinski definition) is 4. The van der Waals surface area contributed by atoms with Crippen LogP contribution >= 0.6 is 0 Å². The van der Waals surface area contributed by atoms with Crippen molar-refractivity contribution in [3.8, 4) is 6.07 Å². The standard InChI is InChI=1S/C18H20N2O3S/c1-2-17(21)14-20(13-15-7-4-3-5-8-15)24(22,23)18-10-6-9-16(11-18)12-19/h3-11,17,21H,2,13-14H2,1H3. The maximum absolute atomic E-state index is 13.0. The molecular weight excluding hydrogens is 324 g/mol. The molecule has 0 saturated heterocycles. The van der Waals surface area contributed by atoms with Crippen LogP contribution in [0.2, 0.25) is 0 Å². The van der Waals surface area contributed by atoms with Crippen molar-refractivity contribution < 1.29 is 13.5 Å². The normalized spacial score (nSPS) is 12.8. The van der Waals surface area contributed by atoms with Crippen LogP contribution in [0.25, 0.3) is 0 Å². The molecular formula is C18H20N2O3S. The van der Waals surface area contributed by atoms with Gasteiger partial charge in [-0.25, -0.2) is 8.42 Å². The number of benzene rings is 2. The van der Waals surface area contributed by atoms with Crippen molar-refractivity contribution in [2.45, 2.75) is 30.9 Å². The van der Waals surface area contributed by atoms with Gasteiger partial charge in [-0.05, 0) is 30.2 Å². The Kier molecular flexibility index (Phi) is 6.10. The van der Waals surface area contributed by atoms with Crippen molar-refractivity contribution in [3.63, 3.8) is 0 Å². The average Bonchev–Trinajstić information content (AvgIpc) is 2.61. The summed E-state index contributed by atoms with van der Waals surface area (Å²) in [6.07, 6.45) is -0.290. The van der Waals surface area contributed by atoms with E-state index in [1.165, 1.54) is 16.4 Å². The van der Waals surface area contributed by atoms with Crippen molar-refractivity contribution in [2.24, 2.45) is 0 Å². The van der Waals surface area contributed by atoms with Crippen molar-refractivity contribution >= 4 is 10.0 Å². The highest BCUT2D eigenvalue weighted by atomic mass is 32.2. The summed E-state index contributed by atoms with van der Waals surface area (Å²) in [4.78, 5) is 0.0563. The number of nitriles is 1. The highest BCUT2D eigenvalue weighted by Gasteiger charge is 2.26. The molecule has 1 unspecified atom stereocenters. The number of sulfonamides is 1. The molecule has 6 heteroatoms. The molecule has 2 aromatic carbocycles.